The minimum Gasteiger partial charge on any atom is -0.337 e. The summed E-state index contributed by atoms with van der Waals surface area (Å²) in [5, 5.41) is 4.01. The highest BCUT2D eigenvalue weighted by Crippen LogP contribution is 2.17. The summed E-state index contributed by atoms with van der Waals surface area (Å²) in [6.07, 6.45) is 0. The minimum absolute atomic E-state index is 0.0336. The number of carbonyl (C=O) groups excluding carboxylic acids is 1. The molecule has 0 unspecified atom stereocenters. The Labute approximate surface area is 147 Å². The number of aromatic nitrogens is 2. The van der Waals surface area contributed by atoms with Crippen LogP contribution in [0, 0.1) is 13.8 Å². The van der Waals surface area contributed by atoms with Gasteiger partial charge in [0.1, 0.15) is 6.54 Å². The van der Waals surface area contributed by atoms with E-state index in [-0.39, 0.29) is 5.91 Å². The van der Waals surface area contributed by atoms with E-state index in [0.29, 0.717) is 30.4 Å². The van der Waals surface area contributed by atoms with Crippen LogP contribution in [-0.4, -0.2) is 27.5 Å². The van der Waals surface area contributed by atoms with Crippen LogP contribution < -0.4 is 0 Å². The predicted octanol–water partition coefficient (Wildman–Crippen LogP) is 4.02. The number of aryl methyl sites for hydroxylation is 2. The SMILES string of the molecule is CCN(Cc1nc(-c2ccccc2)no1)C(=O)c1cc(C)cc(C)c1. The maximum atomic E-state index is 12.8. The molecule has 0 atom stereocenters. The van der Waals surface area contributed by atoms with Gasteiger partial charge in [0.25, 0.3) is 5.91 Å². The van der Waals surface area contributed by atoms with Gasteiger partial charge in [-0.05, 0) is 32.9 Å². The smallest absolute Gasteiger partial charge is 0.254 e. The molecule has 0 saturated carbocycles. The molecule has 0 aliphatic carbocycles. The summed E-state index contributed by atoms with van der Waals surface area (Å²) in [4.78, 5) is 18.9. The lowest BCUT2D eigenvalue weighted by molar-refractivity contribution is 0.0734. The fraction of sp³-hybridized carbons (Fsp3) is 0.250. The van der Waals surface area contributed by atoms with E-state index in [0.717, 1.165) is 16.7 Å². The fourth-order valence-corrected chi connectivity index (χ4v) is 2.79. The third-order valence-corrected chi connectivity index (χ3v) is 3.96. The van der Waals surface area contributed by atoms with E-state index in [4.69, 9.17) is 4.52 Å². The lowest BCUT2D eigenvalue weighted by Crippen LogP contribution is -2.30. The zero-order chi connectivity index (χ0) is 17.8. The molecule has 1 heterocycles. The number of hydrogen-bond acceptors (Lipinski definition) is 4. The van der Waals surface area contributed by atoms with Crippen LogP contribution in [0.3, 0.4) is 0 Å². The number of carbonyl (C=O) groups is 1. The highest BCUT2D eigenvalue weighted by Gasteiger charge is 2.18. The van der Waals surface area contributed by atoms with Gasteiger partial charge in [-0.1, -0.05) is 52.7 Å². The van der Waals surface area contributed by atoms with Crippen LogP contribution >= 0.6 is 0 Å². The molecule has 2 aromatic carbocycles. The van der Waals surface area contributed by atoms with E-state index in [1.54, 1.807) is 4.90 Å². The van der Waals surface area contributed by atoms with Crippen LogP contribution in [0.5, 0.6) is 0 Å². The number of benzene rings is 2. The van der Waals surface area contributed by atoms with E-state index >= 15 is 0 Å². The molecule has 0 N–H and O–H groups in total. The number of hydrogen-bond donors (Lipinski definition) is 0. The van der Waals surface area contributed by atoms with Gasteiger partial charge in [0.05, 0.1) is 0 Å². The van der Waals surface area contributed by atoms with Crippen molar-refractivity contribution in [2.45, 2.75) is 27.3 Å². The monoisotopic (exact) mass is 335 g/mol. The molecule has 0 radical (unpaired) electrons. The summed E-state index contributed by atoms with van der Waals surface area (Å²) < 4.78 is 5.33. The van der Waals surface area contributed by atoms with Crippen molar-refractivity contribution in [1.82, 2.24) is 15.0 Å². The largest absolute Gasteiger partial charge is 0.337 e. The van der Waals surface area contributed by atoms with Crippen LogP contribution in [0.15, 0.2) is 53.1 Å². The van der Waals surface area contributed by atoms with Gasteiger partial charge in [-0.25, -0.2) is 0 Å². The molecule has 0 bridgehead atoms. The molecule has 5 nitrogen and oxygen atoms in total. The van der Waals surface area contributed by atoms with Gasteiger partial charge < -0.3 is 9.42 Å². The molecule has 0 spiro atoms. The highest BCUT2D eigenvalue weighted by atomic mass is 16.5. The molecule has 25 heavy (non-hydrogen) atoms. The molecular formula is C20H21N3O2. The van der Waals surface area contributed by atoms with Crippen molar-refractivity contribution in [2.24, 2.45) is 0 Å². The first-order valence-electron chi connectivity index (χ1n) is 8.32. The summed E-state index contributed by atoms with van der Waals surface area (Å²) in [6, 6.07) is 15.5. The number of nitrogens with zero attached hydrogens (tertiary/aromatic N) is 3. The average molecular weight is 335 g/mol. The standard InChI is InChI=1S/C20H21N3O2/c1-4-23(20(24)17-11-14(2)10-15(3)12-17)13-18-21-19(22-25-18)16-8-6-5-7-9-16/h5-12H,4,13H2,1-3H3. The Morgan fingerprint density at radius 2 is 1.76 bits per heavy atom. The van der Waals surface area contributed by atoms with Gasteiger partial charge in [-0.15, -0.1) is 0 Å². The van der Waals surface area contributed by atoms with Crippen molar-refractivity contribution < 1.29 is 9.32 Å². The molecule has 0 aliphatic rings. The van der Waals surface area contributed by atoms with Crippen LogP contribution in [0.2, 0.25) is 0 Å². The Bertz CT molecular complexity index is 851. The molecule has 3 rings (SSSR count). The molecule has 128 valence electrons. The predicted molar refractivity (Wildman–Crippen MR) is 96.1 cm³/mol. The number of rotatable bonds is 5. The van der Waals surface area contributed by atoms with E-state index < -0.39 is 0 Å². The van der Waals surface area contributed by atoms with Gasteiger partial charge in [0.2, 0.25) is 11.7 Å². The first kappa shape index (κ1) is 16.9. The molecule has 1 aromatic heterocycles. The summed E-state index contributed by atoms with van der Waals surface area (Å²) in [6.45, 7) is 6.78. The lowest BCUT2D eigenvalue weighted by Gasteiger charge is -2.19. The van der Waals surface area contributed by atoms with Crippen LogP contribution in [0.1, 0.15) is 34.3 Å². The first-order valence-corrected chi connectivity index (χ1v) is 8.32. The van der Waals surface area contributed by atoms with E-state index in [1.807, 2.05) is 63.2 Å². The second-order valence-electron chi connectivity index (χ2n) is 6.07. The Kier molecular flexibility index (Phi) is 4.93. The first-order chi connectivity index (χ1) is 12.1. The normalized spacial score (nSPS) is 10.7. The van der Waals surface area contributed by atoms with Gasteiger partial charge in [0.15, 0.2) is 0 Å². The van der Waals surface area contributed by atoms with Gasteiger partial charge in [-0.2, -0.15) is 4.98 Å². The Morgan fingerprint density at radius 3 is 2.40 bits per heavy atom. The molecule has 0 fully saturated rings. The molecule has 0 saturated heterocycles. The van der Waals surface area contributed by atoms with Crippen molar-refractivity contribution in [2.75, 3.05) is 6.54 Å². The quantitative estimate of drug-likeness (QED) is 0.707. The maximum Gasteiger partial charge on any atom is 0.254 e. The zero-order valence-corrected chi connectivity index (χ0v) is 14.7. The molecule has 0 aliphatic heterocycles. The molecule has 1 amide bonds. The number of amides is 1. The third kappa shape index (κ3) is 3.94. The topological polar surface area (TPSA) is 59.2 Å². The van der Waals surface area contributed by atoms with Crippen molar-refractivity contribution in [3.05, 3.63) is 71.1 Å². The summed E-state index contributed by atoms with van der Waals surface area (Å²) in [5.41, 5.74) is 3.72. The molecular weight excluding hydrogens is 314 g/mol. The van der Waals surface area contributed by atoms with Crippen molar-refractivity contribution >= 4 is 5.91 Å². The van der Waals surface area contributed by atoms with Gasteiger partial charge in [-0.3, -0.25) is 4.79 Å². The van der Waals surface area contributed by atoms with E-state index in [9.17, 15) is 4.79 Å². The summed E-state index contributed by atoms with van der Waals surface area (Å²) >= 11 is 0. The Morgan fingerprint density at radius 1 is 1.08 bits per heavy atom. The molecule has 3 aromatic rings. The maximum absolute atomic E-state index is 12.8. The zero-order valence-electron chi connectivity index (χ0n) is 14.7. The van der Waals surface area contributed by atoms with E-state index in [2.05, 4.69) is 16.2 Å². The average Bonchev–Trinajstić information content (AvgIpc) is 3.07. The van der Waals surface area contributed by atoms with Crippen molar-refractivity contribution in [1.29, 1.82) is 0 Å². The van der Waals surface area contributed by atoms with Gasteiger partial charge >= 0.3 is 0 Å². The fourth-order valence-electron chi connectivity index (χ4n) is 2.79. The van der Waals surface area contributed by atoms with Crippen molar-refractivity contribution in [3.63, 3.8) is 0 Å². The van der Waals surface area contributed by atoms with Crippen LogP contribution in [-0.2, 0) is 6.54 Å². The van der Waals surface area contributed by atoms with Crippen LogP contribution in [0.4, 0.5) is 0 Å². The Hall–Kier alpha value is -2.95. The summed E-state index contributed by atoms with van der Waals surface area (Å²) in [7, 11) is 0. The van der Waals surface area contributed by atoms with E-state index in [1.165, 1.54) is 0 Å². The minimum atomic E-state index is -0.0336. The third-order valence-electron chi connectivity index (χ3n) is 3.96. The molecule has 5 heteroatoms. The highest BCUT2D eigenvalue weighted by molar-refractivity contribution is 5.94. The van der Waals surface area contributed by atoms with Crippen LogP contribution in [0.25, 0.3) is 11.4 Å². The second-order valence-corrected chi connectivity index (χ2v) is 6.07. The lowest BCUT2D eigenvalue weighted by atomic mass is 10.1. The Balaban J connectivity index is 1.78. The second kappa shape index (κ2) is 7.30. The summed E-state index contributed by atoms with van der Waals surface area (Å²) in [5.74, 6) is 0.928. The van der Waals surface area contributed by atoms with Crippen molar-refractivity contribution in [3.8, 4) is 11.4 Å². The van der Waals surface area contributed by atoms with Gasteiger partial charge in [0, 0.05) is 17.7 Å².